The van der Waals surface area contributed by atoms with Crippen molar-refractivity contribution in [1.29, 1.82) is 0 Å². The molecule has 0 aliphatic rings. The minimum absolute atomic E-state index is 0.0855. The zero-order valence-corrected chi connectivity index (χ0v) is 12.2. The molecule has 2 rings (SSSR count). The van der Waals surface area contributed by atoms with Gasteiger partial charge in [0, 0.05) is 9.75 Å². The van der Waals surface area contributed by atoms with Gasteiger partial charge in [0.2, 0.25) is 0 Å². The van der Waals surface area contributed by atoms with Gasteiger partial charge in [-0.3, -0.25) is 5.84 Å². The summed E-state index contributed by atoms with van der Waals surface area (Å²) in [5.74, 6) is 5.77. The van der Waals surface area contributed by atoms with Gasteiger partial charge in [-0.15, -0.1) is 11.3 Å². The molecule has 0 saturated heterocycles. The number of benzene rings is 1. The molecule has 0 aliphatic carbocycles. The second-order valence-corrected chi connectivity index (χ2v) is 6.14. The van der Waals surface area contributed by atoms with Gasteiger partial charge in [-0.25, -0.2) is 5.43 Å². The van der Waals surface area contributed by atoms with Crippen molar-refractivity contribution in [3.63, 3.8) is 0 Å². The quantitative estimate of drug-likeness (QED) is 0.654. The van der Waals surface area contributed by atoms with E-state index >= 15 is 0 Å². The van der Waals surface area contributed by atoms with Crippen molar-refractivity contribution in [3.8, 4) is 0 Å². The molecule has 1 aromatic carbocycles. The van der Waals surface area contributed by atoms with Crippen LogP contribution in [0.1, 0.15) is 38.0 Å². The van der Waals surface area contributed by atoms with Crippen molar-refractivity contribution >= 4 is 11.3 Å². The summed E-state index contributed by atoms with van der Waals surface area (Å²) in [5, 5.41) is 0. The maximum Gasteiger partial charge on any atom is 0.0805 e. The zero-order chi connectivity index (χ0) is 13.3. The van der Waals surface area contributed by atoms with Crippen LogP contribution in [0.5, 0.6) is 0 Å². The van der Waals surface area contributed by atoms with E-state index in [-0.39, 0.29) is 6.04 Å². The van der Waals surface area contributed by atoms with Gasteiger partial charge in [-0.2, -0.15) is 0 Å². The van der Waals surface area contributed by atoms with Crippen LogP contribution in [-0.2, 0) is 0 Å². The number of nitrogens with one attached hydrogen (secondary N) is 1. The van der Waals surface area contributed by atoms with Crippen molar-refractivity contribution in [2.75, 3.05) is 0 Å². The fraction of sp³-hybridized carbons (Fsp3) is 0.333. The molecule has 18 heavy (non-hydrogen) atoms. The first-order chi connectivity index (χ1) is 8.52. The summed E-state index contributed by atoms with van der Waals surface area (Å²) in [6, 6.07) is 8.82. The van der Waals surface area contributed by atoms with Crippen molar-refractivity contribution < 1.29 is 0 Å². The lowest BCUT2D eigenvalue weighted by Gasteiger charge is -2.18. The molecule has 0 saturated carbocycles. The second kappa shape index (κ2) is 5.22. The first kappa shape index (κ1) is 13.3. The average molecular weight is 260 g/mol. The summed E-state index contributed by atoms with van der Waals surface area (Å²) in [7, 11) is 0. The first-order valence-electron chi connectivity index (χ1n) is 6.13. The van der Waals surface area contributed by atoms with E-state index in [1.807, 2.05) is 11.3 Å². The Morgan fingerprint density at radius 1 is 1.06 bits per heavy atom. The van der Waals surface area contributed by atoms with Crippen LogP contribution in [0, 0.1) is 27.7 Å². The molecule has 0 amide bonds. The molecule has 0 bridgehead atoms. The van der Waals surface area contributed by atoms with Crippen LogP contribution in [0.3, 0.4) is 0 Å². The third-order valence-electron chi connectivity index (χ3n) is 3.38. The molecule has 1 unspecified atom stereocenters. The van der Waals surface area contributed by atoms with Gasteiger partial charge in [0.05, 0.1) is 6.04 Å². The van der Waals surface area contributed by atoms with Gasteiger partial charge in [0.1, 0.15) is 0 Å². The molecule has 0 radical (unpaired) electrons. The molecule has 0 spiro atoms. The predicted molar refractivity (Wildman–Crippen MR) is 78.9 cm³/mol. The van der Waals surface area contributed by atoms with Crippen LogP contribution >= 0.6 is 11.3 Å². The Kier molecular flexibility index (Phi) is 3.85. The van der Waals surface area contributed by atoms with Crippen LogP contribution in [0.25, 0.3) is 0 Å². The third-order valence-corrected chi connectivity index (χ3v) is 4.60. The summed E-state index contributed by atoms with van der Waals surface area (Å²) in [4.78, 5) is 2.64. The van der Waals surface area contributed by atoms with Crippen LogP contribution in [0.4, 0.5) is 0 Å². The van der Waals surface area contributed by atoms with Crippen LogP contribution in [0.2, 0.25) is 0 Å². The molecule has 0 fully saturated rings. The van der Waals surface area contributed by atoms with E-state index in [4.69, 9.17) is 5.84 Å². The summed E-state index contributed by atoms with van der Waals surface area (Å²) in [6.45, 7) is 8.54. The van der Waals surface area contributed by atoms with Crippen molar-refractivity contribution in [2.24, 2.45) is 5.84 Å². The molecule has 1 atom stereocenters. The molecule has 0 aliphatic heterocycles. The van der Waals surface area contributed by atoms with E-state index in [2.05, 4.69) is 57.4 Å². The number of hydrazine groups is 1. The Balaban J connectivity index is 2.48. The van der Waals surface area contributed by atoms with Gasteiger partial charge in [-0.05, 0) is 50.5 Å². The fourth-order valence-electron chi connectivity index (χ4n) is 2.14. The van der Waals surface area contributed by atoms with E-state index in [9.17, 15) is 0 Å². The van der Waals surface area contributed by atoms with Crippen molar-refractivity contribution in [3.05, 3.63) is 56.3 Å². The molecule has 2 aromatic rings. The van der Waals surface area contributed by atoms with E-state index in [0.29, 0.717) is 0 Å². The lowest BCUT2D eigenvalue weighted by molar-refractivity contribution is 0.642. The Labute approximate surface area is 113 Å². The molecule has 3 N–H and O–H groups in total. The smallest absolute Gasteiger partial charge is 0.0805 e. The van der Waals surface area contributed by atoms with E-state index in [1.54, 1.807) is 0 Å². The number of aryl methyl sites for hydroxylation is 4. The highest BCUT2D eigenvalue weighted by molar-refractivity contribution is 7.12. The molecular formula is C15H20N2S. The average Bonchev–Trinajstić information content (AvgIpc) is 2.65. The van der Waals surface area contributed by atoms with Crippen LogP contribution in [0.15, 0.2) is 24.3 Å². The number of hydrogen-bond donors (Lipinski definition) is 2. The van der Waals surface area contributed by atoms with Gasteiger partial charge < -0.3 is 0 Å². The van der Waals surface area contributed by atoms with Crippen LogP contribution in [-0.4, -0.2) is 0 Å². The Hall–Kier alpha value is -1.16. The number of thiophene rings is 1. The normalized spacial score (nSPS) is 12.7. The Morgan fingerprint density at radius 2 is 1.78 bits per heavy atom. The lowest BCUT2D eigenvalue weighted by atomic mass is 9.98. The van der Waals surface area contributed by atoms with Gasteiger partial charge in [0.25, 0.3) is 0 Å². The fourth-order valence-corrected chi connectivity index (χ4v) is 3.26. The summed E-state index contributed by atoms with van der Waals surface area (Å²) >= 11 is 1.81. The van der Waals surface area contributed by atoms with Gasteiger partial charge in [-0.1, -0.05) is 23.8 Å². The predicted octanol–water partition coefficient (Wildman–Crippen LogP) is 3.53. The Bertz CT molecular complexity index is 538. The highest BCUT2D eigenvalue weighted by Crippen LogP contribution is 2.32. The van der Waals surface area contributed by atoms with E-state index < -0.39 is 0 Å². The maximum absolute atomic E-state index is 5.77. The third kappa shape index (κ3) is 2.48. The largest absolute Gasteiger partial charge is 0.271 e. The van der Waals surface area contributed by atoms with E-state index in [1.165, 1.54) is 32.0 Å². The maximum atomic E-state index is 5.77. The summed E-state index contributed by atoms with van der Waals surface area (Å²) < 4.78 is 0. The minimum Gasteiger partial charge on any atom is -0.271 e. The zero-order valence-electron chi connectivity index (χ0n) is 11.4. The highest BCUT2D eigenvalue weighted by atomic mass is 32.1. The Morgan fingerprint density at radius 3 is 2.33 bits per heavy atom. The molecule has 1 aromatic heterocycles. The summed E-state index contributed by atoms with van der Waals surface area (Å²) in [6.07, 6.45) is 0. The molecule has 3 heteroatoms. The standard InChI is InChI=1S/C15H20N2S/c1-9-5-6-10(2)13(7-9)15(17-16)14-8-11(3)12(4)18-14/h5-8,15,17H,16H2,1-4H3. The second-order valence-electron chi connectivity index (χ2n) is 4.85. The monoisotopic (exact) mass is 260 g/mol. The number of rotatable bonds is 3. The lowest BCUT2D eigenvalue weighted by Crippen LogP contribution is -2.28. The van der Waals surface area contributed by atoms with Gasteiger partial charge in [0.15, 0.2) is 0 Å². The first-order valence-corrected chi connectivity index (χ1v) is 6.94. The van der Waals surface area contributed by atoms with E-state index in [0.717, 1.165) is 0 Å². The molecule has 96 valence electrons. The number of nitrogens with two attached hydrogens (primary N) is 1. The van der Waals surface area contributed by atoms with Gasteiger partial charge >= 0.3 is 0 Å². The van der Waals surface area contributed by atoms with Crippen molar-refractivity contribution in [1.82, 2.24) is 5.43 Å². The highest BCUT2D eigenvalue weighted by Gasteiger charge is 2.17. The molecular weight excluding hydrogens is 240 g/mol. The number of hydrogen-bond acceptors (Lipinski definition) is 3. The van der Waals surface area contributed by atoms with Crippen LogP contribution < -0.4 is 11.3 Å². The SMILES string of the molecule is Cc1ccc(C)c(C(NN)c2cc(C)c(C)s2)c1. The molecule has 2 nitrogen and oxygen atoms in total. The van der Waals surface area contributed by atoms with Crippen molar-refractivity contribution in [2.45, 2.75) is 33.7 Å². The topological polar surface area (TPSA) is 38.0 Å². The molecule has 1 heterocycles. The summed E-state index contributed by atoms with van der Waals surface area (Å²) in [5.41, 5.74) is 8.09. The minimum atomic E-state index is 0.0855.